The highest BCUT2D eigenvalue weighted by Gasteiger charge is 2.51. The Balaban J connectivity index is 1.38. The smallest absolute Gasteiger partial charge is 0.410 e. The zero-order valence-electron chi connectivity index (χ0n) is 13.9. The second-order valence-corrected chi connectivity index (χ2v) is 7.93. The standard InChI is InChI=1S/C16H21NO7S/c1-25(19,20)24-10-14-8-22-16(23-9-14)11-17(12-16)15(18)21-7-13-5-3-2-4-6-13/h2-6,14H,7-12H2,1H3. The lowest BCUT2D eigenvalue weighted by Gasteiger charge is -2.50. The second kappa shape index (κ2) is 7.28. The van der Waals surface area contributed by atoms with E-state index in [1.807, 2.05) is 30.3 Å². The maximum absolute atomic E-state index is 12.0. The molecule has 25 heavy (non-hydrogen) atoms. The summed E-state index contributed by atoms with van der Waals surface area (Å²) < 4.78 is 43.3. The van der Waals surface area contributed by atoms with E-state index < -0.39 is 22.0 Å². The van der Waals surface area contributed by atoms with Crippen molar-refractivity contribution in [1.29, 1.82) is 0 Å². The molecule has 1 aromatic rings. The number of hydrogen-bond acceptors (Lipinski definition) is 7. The molecule has 0 radical (unpaired) electrons. The van der Waals surface area contributed by atoms with E-state index in [1.165, 1.54) is 4.90 Å². The van der Waals surface area contributed by atoms with E-state index in [-0.39, 0.29) is 19.1 Å². The van der Waals surface area contributed by atoms with E-state index >= 15 is 0 Å². The summed E-state index contributed by atoms with van der Waals surface area (Å²) in [4.78, 5) is 13.5. The van der Waals surface area contributed by atoms with Crippen molar-refractivity contribution < 1.29 is 31.6 Å². The van der Waals surface area contributed by atoms with Gasteiger partial charge in [-0.15, -0.1) is 0 Å². The van der Waals surface area contributed by atoms with Crippen molar-refractivity contribution in [3.63, 3.8) is 0 Å². The highest BCUT2D eigenvalue weighted by Crippen LogP contribution is 2.32. The molecule has 1 amide bonds. The molecule has 138 valence electrons. The monoisotopic (exact) mass is 371 g/mol. The van der Waals surface area contributed by atoms with Crippen LogP contribution in [0.5, 0.6) is 0 Å². The Kier molecular flexibility index (Phi) is 5.28. The van der Waals surface area contributed by atoms with Crippen LogP contribution in [0.1, 0.15) is 5.56 Å². The molecular formula is C16H21NO7S. The lowest BCUT2D eigenvalue weighted by Crippen LogP contribution is -2.68. The summed E-state index contributed by atoms with van der Waals surface area (Å²) in [7, 11) is -3.47. The van der Waals surface area contributed by atoms with E-state index in [1.54, 1.807) is 0 Å². The molecule has 2 saturated heterocycles. The molecule has 2 aliphatic rings. The molecule has 0 aliphatic carbocycles. The first-order valence-corrected chi connectivity index (χ1v) is 9.75. The van der Waals surface area contributed by atoms with Gasteiger partial charge in [-0.3, -0.25) is 9.08 Å². The van der Waals surface area contributed by atoms with Crippen molar-refractivity contribution in [3.8, 4) is 0 Å². The predicted octanol–water partition coefficient (Wildman–Crippen LogP) is 0.974. The molecule has 2 fully saturated rings. The number of ether oxygens (including phenoxy) is 3. The molecule has 0 aromatic heterocycles. The lowest BCUT2D eigenvalue weighted by atomic mass is 10.1. The summed E-state index contributed by atoms with van der Waals surface area (Å²) in [5, 5.41) is 0. The Morgan fingerprint density at radius 3 is 2.48 bits per heavy atom. The normalized spacial score (nSPS) is 20.3. The van der Waals surface area contributed by atoms with E-state index in [9.17, 15) is 13.2 Å². The van der Waals surface area contributed by atoms with Crippen molar-refractivity contribution in [2.24, 2.45) is 5.92 Å². The number of hydrogen-bond donors (Lipinski definition) is 0. The van der Waals surface area contributed by atoms with Gasteiger partial charge < -0.3 is 14.2 Å². The van der Waals surface area contributed by atoms with Crippen LogP contribution in [-0.2, 0) is 35.1 Å². The molecular weight excluding hydrogens is 350 g/mol. The number of benzene rings is 1. The third-order valence-electron chi connectivity index (χ3n) is 4.01. The van der Waals surface area contributed by atoms with Gasteiger partial charge in [0.25, 0.3) is 10.1 Å². The lowest BCUT2D eigenvalue weighted by molar-refractivity contribution is -0.328. The fraction of sp³-hybridized carbons (Fsp3) is 0.562. The number of rotatable bonds is 5. The summed E-state index contributed by atoms with van der Waals surface area (Å²) in [5.74, 6) is -0.965. The minimum Gasteiger partial charge on any atom is -0.445 e. The van der Waals surface area contributed by atoms with Gasteiger partial charge in [0.05, 0.1) is 39.2 Å². The van der Waals surface area contributed by atoms with Crippen LogP contribution in [0, 0.1) is 5.92 Å². The number of carbonyl (C=O) groups excluding carboxylic acids is 1. The molecule has 9 heteroatoms. The molecule has 0 N–H and O–H groups in total. The molecule has 1 spiro atoms. The Hall–Kier alpha value is -1.68. The topological polar surface area (TPSA) is 91.4 Å². The molecule has 0 unspecified atom stereocenters. The first kappa shape index (κ1) is 18.1. The quantitative estimate of drug-likeness (QED) is 0.712. The van der Waals surface area contributed by atoms with Crippen molar-refractivity contribution in [3.05, 3.63) is 35.9 Å². The van der Waals surface area contributed by atoms with E-state index in [0.717, 1.165) is 11.8 Å². The van der Waals surface area contributed by atoms with Gasteiger partial charge in [0, 0.05) is 5.92 Å². The summed E-state index contributed by atoms with van der Waals surface area (Å²) in [6.07, 6.45) is 0.591. The number of carbonyl (C=O) groups is 1. The molecule has 8 nitrogen and oxygen atoms in total. The molecule has 0 atom stereocenters. The maximum atomic E-state index is 12.0. The van der Waals surface area contributed by atoms with Crippen LogP contribution in [0.2, 0.25) is 0 Å². The van der Waals surface area contributed by atoms with Crippen molar-refractivity contribution >= 4 is 16.2 Å². The van der Waals surface area contributed by atoms with Gasteiger partial charge in [0.1, 0.15) is 6.61 Å². The van der Waals surface area contributed by atoms with Crippen molar-refractivity contribution in [2.45, 2.75) is 12.4 Å². The van der Waals surface area contributed by atoms with Crippen LogP contribution < -0.4 is 0 Å². The van der Waals surface area contributed by atoms with Gasteiger partial charge in [0.2, 0.25) is 5.79 Å². The van der Waals surface area contributed by atoms with Gasteiger partial charge in [-0.1, -0.05) is 30.3 Å². The van der Waals surface area contributed by atoms with Crippen LogP contribution in [0.3, 0.4) is 0 Å². The molecule has 0 saturated carbocycles. The highest BCUT2D eigenvalue weighted by molar-refractivity contribution is 7.85. The van der Waals surface area contributed by atoms with E-state index in [0.29, 0.717) is 26.3 Å². The first-order valence-electron chi connectivity index (χ1n) is 7.93. The third kappa shape index (κ3) is 4.91. The second-order valence-electron chi connectivity index (χ2n) is 6.28. The van der Waals surface area contributed by atoms with Crippen LogP contribution in [-0.4, -0.2) is 64.4 Å². The first-order chi connectivity index (χ1) is 11.9. The van der Waals surface area contributed by atoms with Crippen LogP contribution in [0.25, 0.3) is 0 Å². The average Bonchev–Trinajstić information content (AvgIpc) is 2.56. The fourth-order valence-electron chi connectivity index (χ4n) is 2.60. The zero-order chi connectivity index (χ0) is 17.9. The fourth-order valence-corrected chi connectivity index (χ4v) is 3.04. The van der Waals surface area contributed by atoms with Crippen molar-refractivity contribution in [1.82, 2.24) is 4.90 Å². The summed E-state index contributed by atoms with van der Waals surface area (Å²) in [6.45, 7) is 1.47. The molecule has 0 bridgehead atoms. The third-order valence-corrected chi connectivity index (χ3v) is 4.57. The summed E-state index contributed by atoms with van der Waals surface area (Å²) >= 11 is 0. The molecule has 3 rings (SSSR count). The average molecular weight is 371 g/mol. The molecule has 2 heterocycles. The van der Waals surface area contributed by atoms with Gasteiger partial charge in [-0.05, 0) is 5.56 Å². The highest BCUT2D eigenvalue weighted by atomic mass is 32.2. The SMILES string of the molecule is CS(=O)(=O)OCC1COC2(CN(C(=O)OCc3ccccc3)C2)OC1. The van der Waals surface area contributed by atoms with Gasteiger partial charge in [-0.25, -0.2) is 4.79 Å². The number of amides is 1. The molecule has 2 aliphatic heterocycles. The zero-order valence-corrected chi connectivity index (χ0v) is 14.7. The van der Waals surface area contributed by atoms with Crippen LogP contribution in [0.15, 0.2) is 30.3 Å². The molecule has 1 aromatic carbocycles. The number of likely N-dealkylation sites (tertiary alicyclic amines) is 1. The Morgan fingerprint density at radius 2 is 1.88 bits per heavy atom. The summed E-state index contributed by atoms with van der Waals surface area (Å²) in [6, 6.07) is 9.44. The Morgan fingerprint density at radius 1 is 1.24 bits per heavy atom. The van der Waals surface area contributed by atoms with Gasteiger partial charge in [-0.2, -0.15) is 8.42 Å². The largest absolute Gasteiger partial charge is 0.445 e. The predicted molar refractivity (Wildman–Crippen MR) is 87.1 cm³/mol. The Labute approximate surface area is 146 Å². The van der Waals surface area contributed by atoms with Gasteiger partial charge >= 0.3 is 6.09 Å². The minimum absolute atomic E-state index is 0.0255. The van der Waals surface area contributed by atoms with Crippen LogP contribution in [0.4, 0.5) is 4.79 Å². The minimum atomic E-state index is -3.47. The van der Waals surface area contributed by atoms with E-state index in [2.05, 4.69) is 0 Å². The van der Waals surface area contributed by atoms with E-state index in [4.69, 9.17) is 18.4 Å². The van der Waals surface area contributed by atoms with Crippen molar-refractivity contribution in [2.75, 3.05) is 39.2 Å². The van der Waals surface area contributed by atoms with Gasteiger partial charge in [0.15, 0.2) is 0 Å². The van der Waals surface area contributed by atoms with Crippen LogP contribution >= 0.6 is 0 Å². The number of nitrogens with zero attached hydrogens (tertiary/aromatic N) is 1. The Bertz CT molecular complexity index is 690. The summed E-state index contributed by atoms with van der Waals surface area (Å²) in [5.41, 5.74) is 0.921. The maximum Gasteiger partial charge on any atom is 0.410 e.